The molecule has 0 saturated carbocycles. The van der Waals surface area contributed by atoms with Crippen LogP contribution >= 0.6 is 0 Å². The van der Waals surface area contributed by atoms with Crippen LogP contribution < -0.4 is 5.32 Å². The molecular weight excluding hydrogens is 216 g/mol. The number of rotatable bonds is 2. The van der Waals surface area contributed by atoms with Crippen molar-refractivity contribution in [1.82, 2.24) is 5.32 Å². The van der Waals surface area contributed by atoms with Gasteiger partial charge in [-0.2, -0.15) is 5.26 Å². The summed E-state index contributed by atoms with van der Waals surface area (Å²) in [6.45, 7) is 1.49. The summed E-state index contributed by atoms with van der Waals surface area (Å²) in [6.07, 6.45) is 1.25. The first-order chi connectivity index (χ1) is 6.94. The van der Waals surface area contributed by atoms with Crippen LogP contribution in [0.25, 0.3) is 0 Å². The molecule has 0 spiro atoms. The van der Waals surface area contributed by atoms with E-state index in [4.69, 9.17) is 5.26 Å². The highest BCUT2D eigenvalue weighted by Gasteiger charge is 2.26. The van der Waals surface area contributed by atoms with Crippen LogP contribution in [0.5, 0.6) is 0 Å². The lowest BCUT2D eigenvalue weighted by Gasteiger charge is -2.23. The average molecular weight is 230 g/mol. The summed E-state index contributed by atoms with van der Waals surface area (Å²) in [7, 11) is -3.01. The molecule has 0 radical (unpaired) electrons. The number of nitrogens with zero attached hydrogens (tertiary/aromatic N) is 1. The van der Waals surface area contributed by atoms with Crippen LogP contribution in [-0.2, 0) is 14.6 Å². The first-order valence-electron chi connectivity index (χ1n) is 4.85. The van der Waals surface area contributed by atoms with Crippen molar-refractivity contribution in [3.8, 4) is 6.07 Å². The minimum absolute atomic E-state index is 0.00309. The van der Waals surface area contributed by atoms with E-state index >= 15 is 0 Å². The predicted molar refractivity (Wildman–Crippen MR) is 54.6 cm³/mol. The average Bonchev–Trinajstić information content (AvgIpc) is 2.14. The molecule has 0 aromatic rings. The highest BCUT2D eigenvalue weighted by atomic mass is 32.2. The Bertz CT molecular complexity index is 383. The van der Waals surface area contributed by atoms with Crippen LogP contribution in [0.4, 0.5) is 0 Å². The summed E-state index contributed by atoms with van der Waals surface area (Å²) in [5.41, 5.74) is 0. The Morgan fingerprint density at radius 2 is 2.27 bits per heavy atom. The van der Waals surface area contributed by atoms with Gasteiger partial charge < -0.3 is 5.32 Å². The van der Waals surface area contributed by atoms with Crippen LogP contribution in [0.2, 0.25) is 0 Å². The summed E-state index contributed by atoms with van der Waals surface area (Å²) in [6, 6.07) is 1.49. The second-order valence-electron chi connectivity index (χ2n) is 3.81. The van der Waals surface area contributed by atoms with Gasteiger partial charge in [-0.05, 0) is 19.8 Å². The van der Waals surface area contributed by atoms with Crippen molar-refractivity contribution < 1.29 is 13.2 Å². The van der Waals surface area contributed by atoms with Crippen molar-refractivity contribution in [1.29, 1.82) is 5.26 Å². The maximum atomic E-state index is 11.3. The SMILES string of the molecule is CC(C#N)C(=O)NC1CCCS(=O)(=O)C1. The maximum absolute atomic E-state index is 11.3. The zero-order valence-electron chi connectivity index (χ0n) is 8.56. The number of nitriles is 1. The third-order valence-electron chi connectivity index (χ3n) is 2.40. The lowest BCUT2D eigenvalue weighted by atomic mass is 10.1. The van der Waals surface area contributed by atoms with Gasteiger partial charge in [0.1, 0.15) is 5.92 Å². The zero-order chi connectivity index (χ0) is 11.5. The van der Waals surface area contributed by atoms with Crippen LogP contribution in [0.15, 0.2) is 0 Å². The molecule has 6 heteroatoms. The van der Waals surface area contributed by atoms with Gasteiger partial charge >= 0.3 is 0 Å². The van der Waals surface area contributed by atoms with Gasteiger partial charge in [0.25, 0.3) is 0 Å². The fraction of sp³-hybridized carbons (Fsp3) is 0.778. The topological polar surface area (TPSA) is 87.0 Å². The van der Waals surface area contributed by atoms with E-state index in [-0.39, 0.29) is 23.5 Å². The molecular formula is C9H14N2O3S. The summed E-state index contributed by atoms with van der Waals surface area (Å²) >= 11 is 0. The molecule has 1 heterocycles. The minimum Gasteiger partial charge on any atom is -0.351 e. The second kappa shape index (κ2) is 4.62. The molecule has 1 aliphatic heterocycles. The molecule has 15 heavy (non-hydrogen) atoms. The van der Waals surface area contributed by atoms with Crippen molar-refractivity contribution in [3.05, 3.63) is 0 Å². The monoisotopic (exact) mass is 230 g/mol. The fourth-order valence-electron chi connectivity index (χ4n) is 1.52. The van der Waals surface area contributed by atoms with Crippen molar-refractivity contribution in [2.75, 3.05) is 11.5 Å². The molecule has 1 fully saturated rings. The molecule has 0 aromatic heterocycles. The van der Waals surface area contributed by atoms with E-state index in [0.29, 0.717) is 12.8 Å². The Kier molecular flexibility index (Phi) is 3.69. The van der Waals surface area contributed by atoms with Crippen molar-refractivity contribution in [3.63, 3.8) is 0 Å². The molecule has 1 saturated heterocycles. The molecule has 0 aliphatic carbocycles. The van der Waals surface area contributed by atoms with Gasteiger partial charge in [0, 0.05) is 6.04 Å². The number of sulfone groups is 1. The van der Waals surface area contributed by atoms with E-state index in [9.17, 15) is 13.2 Å². The molecule has 1 amide bonds. The highest BCUT2D eigenvalue weighted by Crippen LogP contribution is 2.12. The van der Waals surface area contributed by atoms with Crippen molar-refractivity contribution in [2.45, 2.75) is 25.8 Å². The van der Waals surface area contributed by atoms with Crippen LogP contribution in [0, 0.1) is 17.2 Å². The van der Waals surface area contributed by atoms with E-state index in [1.165, 1.54) is 6.92 Å². The summed E-state index contributed by atoms with van der Waals surface area (Å²) in [5, 5.41) is 11.1. The summed E-state index contributed by atoms with van der Waals surface area (Å²) in [4.78, 5) is 11.3. The van der Waals surface area contributed by atoms with Gasteiger partial charge in [0.15, 0.2) is 9.84 Å². The molecule has 5 nitrogen and oxygen atoms in total. The van der Waals surface area contributed by atoms with E-state index in [1.807, 2.05) is 6.07 Å². The smallest absolute Gasteiger partial charge is 0.237 e. The summed E-state index contributed by atoms with van der Waals surface area (Å²) in [5.74, 6) is -0.918. The van der Waals surface area contributed by atoms with Gasteiger partial charge in [-0.15, -0.1) is 0 Å². The largest absolute Gasteiger partial charge is 0.351 e. The Hall–Kier alpha value is -1.09. The zero-order valence-corrected chi connectivity index (χ0v) is 9.38. The van der Waals surface area contributed by atoms with Crippen LogP contribution in [0.1, 0.15) is 19.8 Å². The quantitative estimate of drug-likeness (QED) is 0.714. The lowest BCUT2D eigenvalue weighted by molar-refractivity contribution is -0.123. The van der Waals surface area contributed by atoms with E-state index in [0.717, 1.165) is 0 Å². The van der Waals surface area contributed by atoms with E-state index in [2.05, 4.69) is 5.32 Å². The first kappa shape index (κ1) is 12.0. The Labute approximate surface area is 89.4 Å². The number of hydrogen-bond donors (Lipinski definition) is 1. The fourth-order valence-corrected chi connectivity index (χ4v) is 3.16. The Balaban J connectivity index is 2.53. The number of amides is 1. The predicted octanol–water partition coefficient (Wildman–Crippen LogP) is -0.161. The third-order valence-corrected chi connectivity index (χ3v) is 4.22. The Morgan fingerprint density at radius 1 is 1.60 bits per heavy atom. The number of hydrogen-bond acceptors (Lipinski definition) is 4. The van der Waals surface area contributed by atoms with Gasteiger partial charge in [-0.1, -0.05) is 0 Å². The Morgan fingerprint density at radius 3 is 2.80 bits per heavy atom. The number of nitrogens with one attached hydrogen (secondary N) is 1. The first-order valence-corrected chi connectivity index (χ1v) is 6.67. The number of carbonyl (C=O) groups is 1. The molecule has 0 bridgehead atoms. The molecule has 84 valence electrons. The standard InChI is InChI=1S/C9H14N2O3S/c1-7(5-10)9(12)11-8-3-2-4-15(13,14)6-8/h7-8H,2-4,6H2,1H3,(H,11,12). The van der Waals surface area contributed by atoms with Gasteiger partial charge in [-0.3, -0.25) is 4.79 Å². The van der Waals surface area contributed by atoms with Crippen molar-refractivity contribution >= 4 is 15.7 Å². The maximum Gasteiger partial charge on any atom is 0.237 e. The van der Waals surface area contributed by atoms with Gasteiger partial charge in [0.2, 0.25) is 5.91 Å². The molecule has 1 N–H and O–H groups in total. The second-order valence-corrected chi connectivity index (χ2v) is 6.04. The lowest BCUT2D eigenvalue weighted by Crippen LogP contribution is -2.44. The molecule has 2 unspecified atom stereocenters. The normalized spacial score (nSPS) is 26.3. The van der Waals surface area contributed by atoms with Crippen LogP contribution in [-0.4, -0.2) is 31.9 Å². The van der Waals surface area contributed by atoms with Crippen molar-refractivity contribution in [2.24, 2.45) is 5.92 Å². The summed E-state index contributed by atoms with van der Waals surface area (Å²) < 4.78 is 22.5. The number of carbonyl (C=O) groups excluding carboxylic acids is 1. The van der Waals surface area contributed by atoms with E-state index in [1.54, 1.807) is 0 Å². The molecule has 1 rings (SSSR count). The molecule has 0 aromatic carbocycles. The van der Waals surface area contributed by atoms with Crippen LogP contribution in [0.3, 0.4) is 0 Å². The molecule has 1 aliphatic rings. The minimum atomic E-state index is -3.01. The van der Waals surface area contributed by atoms with Gasteiger partial charge in [0.05, 0.1) is 17.6 Å². The van der Waals surface area contributed by atoms with Gasteiger partial charge in [-0.25, -0.2) is 8.42 Å². The molecule has 2 atom stereocenters. The van der Waals surface area contributed by atoms with E-state index < -0.39 is 15.8 Å². The third kappa shape index (κ3) is 3.51. The highest BCUT2D eigenvalue weighted by molar-refractivity contribution is 7.91.